The Labute approximate surface area is 139 Å². The number of likely N-dealkylation sites (tertiary alicyclic amines) is 1. The lowest BCUT2D eigenvalue weighted by Gasteiger charge is -2.37. The van der Waals surface area contributed by atoms with Crippen LogP contribution >= 0.6 is 0 Å². The van der Waals surface area contributed by atoms with Gasteiger partial charge in [0.05, 0.1) is 0 Å². The quantitative estimate of drug-likeness (QED) is 0.806. The lowest BCUT2D eigenvalue weighted by molar-refractivity contribution is -0.155. The van der Waals surface area contributed by atoms with Gasteiger partial charge in [0.25, 0.3) is 0 Å². The van der Waals surface area contributed by atoms with E-state index in [0.29, 0.717) is 25.9 Å². The monoisotopic (exact) mass is 328 g/mol. The number of hydrogen-bond donors (Lipinski definition) is 1. The molecule has 1 aliphatic heterocycles. The van der Waals surface area contributed by atoms with Crippen LogP contribution in [0.3, 0.4) is 0 Å². The summed E-state index contributed by atoms with van der Waals surface area (Å²) in [7, 11) is 0. The van der Waals surface area contributed by atoms with E-state index in [1.54, 1.807) is 4.90 Å². The molecule has 1 aliphatic rings. The van der Waals surface area contributed by atoms with E-state index in [-0.39, 0.29) is 24.0 Å². The Morgan fingerprint density at radius 3 is 2.17 bits per heavy atom. The highest BCUT2D eigenvalue weighted by Crippen LogP contribution is 2.23. The number of nitrogens with two attached hydrogens (primary N) is 1. The van der Waals surface area contributed by atoms with E-state index in [4.69, 9.17) is 15.2 Å². The summed E-state index contributed by atoms with van der Waals surface area (Å²) in [6.07, 6.45) is 1.34. The van der Waals surface area contributed by atoms with Gasteiger partial charge in [-0.1, -0.05) is 0 Å². The normalized spacial score (nSPS) is 22.7. The minimum Gasteiger partial charge on any atom is -0.460 e. The fourth-order valence-electron chi connectivity index (χ4n) is 2.54. The highest BCUT2D eigenvalue weighted by molar-refractivity contribution is 5.70. The number of ether oxygens (including phenoxy) is 2. The number of piperidine rings is 1. The number of carbonyl (C=O) groups excluding carboxylic acids is 2. The van der Waals surface area contributed by atoms with Gasteiger partial charge in [-0.3, -0.25) is 4.79 Å². The molecule has 0 saturated carbocycles. The molecule has 0 bridgehead atoms. The third-order valence-electron chi connectivity index (χ3n) is 3.58. The van der Waals surface area contributed by atoms with Gasteiger partial charge in [-0.25, -0.2) is 4.79 Å². The van der Waals surface area contributed by atoms with Crippen LogP contribution in [0.25, 0.3) is 0 Å². The molecule has 1 rings (SSSR count). The van der Waals surface area contributed by atoms with Crippen molar-refractivity contribution in [1.29, 1.82) is 0 Å². The summed E-state index contributed by atoms with van der Waals surface area (Å²) in [6.45, 7) is 12.2. The first-order chi connectivity index (χ1) is 10.4. The first-order valence-corrected chi connectivity index (χ1v) is 8.33. The Balaban J connectivity index is 2.51. The SMILES string of the molecule is CC(C)(C)OC(=O)CCC1CN(C(=O)OC(C)(C)C)CCC1N. The summed E-state index contributed by atoms with van der Waals surface area (Å²) in [5.74, 6) is -0.136. The Bertz CT molecular complexity index is 423. The fourth-order valence-corrected chi connectivity index (χ4v) is 2.54. The average Bonchev–Trinajstić information content (AvgIpc) is 2.33. The topological polar surface area (TPSA) is 81.9 Å². The predicted octanol–water partition coefficient (Wildman–Crippen LogP) is 2.69. The second-order valence-corrected chi connectivity index (χ2v) is 8.26. The minimum absolute atomic E-state index is 0.00359. The maximum absolute atomic E-state index is 12.2. The lowest BCUT2D eigenvalue weighted by Crippen LogP contribution is -2.50. The van der Waals surface area contributed by atoms with Gasteiger partial charge in [0.2, 0.25) is 0 Å². The molecule has 2 atom stereocenters. The van der Waals surface area contributed by atoms with Crippen molar-refractivity contribution in [3.63, 3.8) is 0 Å². The first kappa shape index (κ1) is 19.7. The fraction of sp³-hybridized carbons (Fsp3) is 0.882. The van der Waals surface area contributed by atoms with E-state index in [2.05, 4.69) is 0 Å². The summed E-state index contributed by atoms with van der Waals surface area (Å²) in [4.78, 5) is 25.7. The molecule has 0 spiro atoms. The first-order valence-electron chi connectivity index (χ1n) is 8.33. The summed E-state index contributed by atoms with van der Waals surface area (Å²) < 4.78 is 10.7. The smallest absolute Gasteiger partial charge is 0.410 e. The molecule has 0 radical (unpaired) electrons. The van der Waals surface area contributed by atoms with Crippen LogP contribution in [0.5, 0.6) is 0 Å². The summed E-state index contributed by atoms with van der Waals surface area (Å²) in [5, 5.41) is 0. The number of hydrogen-bond acceptors (Lipinski definition) is 5. The van der Waals surface area contributed by atoms with E-state index in [1.807, 2.05) is 41.5 Å². The summed E-state index contributed by atoms with van der Waals surface area (Å²) in [6, 6.07) is -0.00359. The highest BCUT2D eigenvalue weighted by atomic mass is 16.6. The molecule has 0 aliphatic carbocycles. The zero-order valence-corrected chi connectivity index (χ0v) is 15.3. The second kappa shape index (κ2) is 7.51. The van der Waals surface area contributed by atoms with Crippen molar-refractivity contribution >= 4 is 12.1 Å². The number of esters is 1. The van der Waals surface area contributed by atoms with E-state index in [9.17, 15) is 9.59 Å². The Hall–Kier alpha value is -1.30. The molecule has 2 unspecified atom stereocenters. The molecular weight excluding hydrogens is 296 g/mol. The predicted molar refractivity (Wildman–Crippen MR) is 89.0 cm³/mol. The molecule has 1 heterocycles. The molecule has 1 saturated heterocycles. The summed E-state index contributed by atoms with van der Waals surface area (Å²) >= 11 is 0. The number of amides is 1. The van der Waals surface area contributed by atoms with Crippen molar-refractivity contribution in [2.45, 2.75) is 78.0 Å². The molecule has 134 valence electrons. The Kier molecular flexibility index (Phi) is 6.45. The molecule has 6 nitrogen and oxygen atoms in total. The van der Waals surface area contributed by atoms with Gasteiger partial charge in [-0.05, 0) is 60.3 Å². The van der Waals surface area contributed by atoms with Gasteiger partial charge in [-0.2, -0.15) is 0 Å². The zero-order chi connectivity index (χ0) is 17.8. The van der Waals surface area contributed by atoms with Crippen molar-refractivity contribution in [1.82, 2.24) is 4.90 Å². The van der Waals surface area contributed by atoms with Gasteiger partial charge in [0.15, 0.2) is 0 Å². The zero-order valence-electron chi connectivity index (χ0n) is 15.3. The number of rotatable bonds is 3. The van der Waals surface area contributed by atoms with E-state index in [0.717, 1.165) is 6.42 Å². The molecule has 0 aromatic heterocycles. The lowest BCUT2D eigenvalue weighted by atomic mass is 9.89. The van der Waals surface area contributed by atoms with Crippen LogP contribution in [0.4, 0.5) is 4.79 Å². The van der Waals surface area contributed by atoms with Crippen molar-refractivity contribution in [2.75, 3.05) is 13.1 Å². The maximum atomic E-state index is 12.2. The van der Waals surface area contributed by atoms with Crippen LogP contribution in [0, 0.1) is 5.92 Å². The van der Waals surface area contributed by atoms with Gasteiger partial charge < -0.3 is 20.1 Å². The molecule has 0 aromatic carbocycles. The third-order valence-corrected chi connectivity index (χ3v) is 3.58. The van der Waals surface area contributed by atoms with Crippen LogP contribution in [0.15, 0.2) is 0 Å². The Morgan fingerprint density at radius 1 is 1.09 bits per heavy atom. The maximum Gasteiger partial charge on any atom is 0.410 e. The third kappa shape index (κ3) is 7.68. The minimum atomic E-state index is -0.511. The van der Waals surface area contributed by atoms with Crippen LogP contribution in [-0.2, 0) is 14.3 Å². The molecule has 23 heavy (non-hydrogen) atoms. The molecule has 6 heteroatoms. The van der Waals surface area contributed by atoms with E-state index in [1.165, 1.54) is 0 Å². The molecule has 0 aromatic rings. The van der Waals surface area contributed by atoms with Crippen LogP contribution in [-0.4, -0.2) is 47.3 Å². The van der Waals surface area contributed by atoms with Gasteiger partial charge >= 0.3 is 12.1 Å². The standard InChI is InChI=1S/C17H32N2O4/c1-16(2,3)22-14(20)8-7-12-11-19(10-9-13(12)18)15(21)23-17(4,5)6/h12-13H,7-11,18H2,1-6H3. The average molecular weight is 328 g/mol. The van der Waals surface area contributed by atoms with Crippen LogP contribution in [0.1, 0.15) is 60.8 Å². The largest absolute Gasteiger partial charge is 0.460 e. The number of carbonyl (C=O) groups is 2. The van der Waals surface area contributed by atoms with Crippen LogP contribution < -0.4 is 5.73 Å². The van der Waals surface area contributed by atoms with Crippen molar-refractivity contribution in [3.05, 3.63) is 0 Å². The second-order valence-electron chi connectivity index (χ2n) is 8.26. The van der Waals surface area contributed by atoms with Crippen molar-refractivity contribution < 1.29 is 19.1 Å². The van der Waals surface area contributed by atoms with Crippen molar-refractivity contribution in [2.24, 2.45) is 11.7 Å². The van der Waals surface area contributed by atoms with Gasteiger partial charge in [0, 0.05) is 25.6 Å². The highest BCUT2D eigenvalue weighted by Gasteiger charge is 2.32. The van der Waals surface area contributed by atoms with E-state index < -0.39 is 11.2 Å². The van der Waals surface area contributed by atoms with E-state index >= 15 is 0 Å². The molecule has 1 amide bonds. The number of nitrogens with zero attached hydrogens (tertiary/aromatic N) is 1. The van der Waals surface area contributed by atoms with Gasteiger partial charge in [-0.15, -0.1) is 0 Å². The Morgan fingerprint density at radius 2 is 1.65 bits per heavy atom. The molecule has 2 N–H and O–H groups in total. The van der Waals surface area contributed by atoms with Gasteiger partial charge in [0.1, 0.15) is 11.2 Å². The van der Waals surface area contributed by atoms with Crippen molar-refractivity contribution in [3.8, 4) is 0 Å². The van der Waals surface area contributed by atoms with Crippen LogP contribution in [0.2, 0.25) is 0 Å². The molecular formula is C17H32N2O4. The molecule has 1 fully saturated rings. The summed E-state index contributed by atoms with van der Waals surface area (Å²) in [5.41, 5.74) is 5.16.